The molecular weight excluding hydrogens is 265 g/mol. The van der Waals surface area contributed by atoms with E-state index in [1.54, 1.807) is 6.92 Å². The van der Waals surface area contributed by atoms with Crippen LogP contribution in [0.1, 0.15) is 11.1 Å². The molecule has 0 radical (unpaired) electrons. The van der Waals surface area contributed by atoms with Crippen LogP contribution in [0.25, 0.3) is 0 Å². The van der Waals surface area contributed by atoms with Crippen LogP contribution >= 0.6 is 15.9 Å². The van der Waals surface area contributed by atoms with Gasteiger partial charge in [0.15, 0.2) is 0 Å². The third-order valence-corrected chi connectivity index (χ3v) is 2.65. The minimum atomic E-state index is -0.362. The van der Waals surface area contributed by atoms with Crippen molar-refractivity contribution in [2.75, 3.05) is 7.11 Å². The third-order valence-electron chi connectivity index (χ3n) is 2.06. The van der Waals surface area contributed by atoms with Crippen molar-refractivity contribution in [1.82, 2.24) is 0 Å². The van der Waals surface area contributed by atoms with Gasteiger partial charge in [-0.25, -0.2) is 14.2 Å². The van der Waals surface area contributed by atoms with E-state index in [1.807, 2.05) is 0 Å². The van der Waals surface area contributed by atoms with E-state index < -0.39 is 0 Å². The quantitative estimate of drug-likeness (QED) is 0.628. The second-order valence-corrected chi connectivity index (χ2v) is 3.74. The van der Waals surface area contributed by atoms with Crippen LogP contribution < -0.4 is 4.74 Å². The SMILES string of the molecule is COc1c(Br)cc(F)c(C)c1CN=C=O. The summed E-state index contributed by atoms with van der Waals surface area (Å²) in [6.45, 7) is 1.68. The Hall–Kier alpha value is -1.19. The molecule has 0 aliphatic heterocycles. The Morgan fingerprint density at radius 1 is 1.67 bits per heavy atom. The molecule has 1 rings (SSSR count). The Labute approximate surface area is 95.1 Å². The summed E-state index contributed by atoms with van der Waals surface area (Å²) < 4.78 is 19.0. The highest BCUT2D eigenvalue weighted by Crippen LogP contribution is 2.33. The highest BCUT2D eigenvalue weighted by atomic mass is 79.9. The first-order chi connectivity index (χ1) is 7.11. The first-order valence-electron chi connectivity index (χ1n) is 4.17. The lowest BCUT2D eigenvalue weighted by Gasteiger charge is -2.12. The number of hydrogen-bond donors (Lipinski definition) is 0. The fourth-order valence-corrected chi connectivity index (χ4v) is 1.87. The smallest absolute Gasteiger partial charge is 0.235 e. The lowest BCUT2D eigenvalue weighted by atomic mass is 10.1. The van der Waals surface area contributed by atoms with Crippen LogP contribution in [-0.4, -0.2) is 13.2 Å². The van der Waals surface area contributed by atoms with Crippen molar-refractivity contribution in [3.05, 3.63) is 27.5 Å². The average molecular weight is 274 g/mol. The first-order valence-corrected chi connectivity index (χ1v) is 4.96. The normalized spacial score (nSPS) is 9.60. The number of halogens is 2. The van der Waals surface area contributed by atoms with Gasteiger partial charge in [0.25, 0.3) is 0 Å². The Kier molecular flexibility index (Phi) is 4.00. The molecule has 0 saturated carbocycles. The lowest BCUT2D eigenvalue weighted by molar-refractivity contribution is 0.405. The molecule has 0 atom stereocenters. The minimum Gasteiger partial charge on any atom is -0.495 e. The van der Waals surface area contributed by atoms with E-state index in [2.05, 4.69) is 20.9 Å². The van der Waals surface area contributed by atoms with Crippen LogP contribution in [0.15, 0.2) is 15.5 Å². The molecule has 0 N–H and O–H groups in total. The maximum absolute atomic E-state index is 13.4. The molecule has 0 aromatic heterocycles. The number of isocyanates is 1. The Morgan fingerprint density at radius 2 is 2.33 bits per heavy atom. The maximum atomic E-state index is 13.4. The Bertz CT molecular complexity index is 428. The van der Waals surface area contributed by atoms with E-state index in [0.717, 1.165) is 0 Å². The summed E-state index contributed by atoms with van der Waals surface area (Å²) in [6.07, 6.45) is 1.42. The van der Waals surface area contributed by atoms with E-state index in [1.165, 1.54) is 19.3 Å². The highest BCUT2D eigenvalue weighted by Gasteiger charge is 2.14. The zero-order chi connectivity index (χ0) is 11.4. The number of aliphatic imine (C=N–C) groups is 1. The molecule has 80 valence electrons. The van der Waals surface area contributed by atoms with Crippen molar-refractivity contribution in [3.8, 4) is 5.75 Å². The summed E-state index contributed by atoms with van der Waals surface area (Å²) in [6, 6.07) is 1.32. The minimum absolute atomic E-state index is 0.0644. The van der Waals surface area contributed by atoms with Crippen LogP contribution in [0.3, 0.4) is 0 Å². The molecule has 0 bridgehead atoms. The second-order valence-electron chi connectivity index (χ2n) is 2.88. The molecule has 3 nitrogen and oxygen atoms in total. The molecule has 0 saturated heterocycles. The first kappa shape index (κ1) is 11.9. The molecule has 0 amide bonds. The molecule has 5 heteroatoms. The van der Waals surface area contributed by atoms with Crippen molar-refractivity contribution >= 4 is 22.0 Å². The summed E-state index contributed by atoms with van der Waals surface area (Å²) in [5.74, 6) is 0.131. The van der Waals surface area contributed by atoms with Crippen molar-refractivity contribution in [2.24, 2.45) is 4.99 Å². The molecule has 1 aromatic carbocycles. The standard InChI is InChI=1S/C10H9BrFNO2/c1-6-7(4-13-5-14)10(15-2)8(11)3-9(6)12/h3H,4H2,1-2H3. The lowest BCUT2D eigenvalue weighted by Crippen LogP contribution is -1.98. The van der Waals surface area contributed by atoms with Gasteiger partial charge >= 0.3 is 0 Å². The molecule has 0 aliphatic carbocycles. The molecule has 0 heterocycles. The largest absolute Gasteiger partial charge is 0.495 e. The van der Waals surface area contributed by atoms with Crippen LogP contribution in [0.2, 0.25) is 0 Å². The number of methoxy groups -OCH3 is 1. The van der Waals surface area contributed by atoms with Crippen LogP contribution in [-0.2, 0) is 11.3 Å². The number of nitrogens with zero attached hydrogens (tertiary/aromatic N) is 1. The van der Waals surface area contributed by atoms with Gasteiger partial charge < -0.3 is 4.74 Å². The number of hydrogen-bond acceptors (Lipinski definition) is 3. The van der Waals surface area contributed by atoms with Gasteiger partial charge in [0.1, 0.15) is 11.6 Å². The average Bonchev–Trinajstić information content (AvgIpc) is 2.21. The predicted molar refractivity (Wildman–Crippen MR) is 57.2 cm³/mol. The van der Waals surface area contributed by atoms with Gasteiger partial charge in [0, 0.05) is 5.56 Å². The van der Waals surface area contributed by atoms with Gasteiger partial charge in [-0.15, -0.1) is 0 Å². The van der Waals surface area contributed by atoms with Gasteiger partial charge in [0.05, 0.1) is 18.1 Å². The number of benzene rings is 1. The molecule has 0 aliphatic rings. The van der Waals surface area contributed by atoms with Gasteiger partial charge in [-0.05, 0) is 34.5 Å². The number of carbonyl (C=O) groups excluding carboxylic acids is 1. The monoisotopic (exact) mass is 273 g/mol. The Balaban J connectivity index is 3.35. The van der Waals surface area contributed by atoms with Crippen LogP contribution in [0, 0.1) is 12.7 Å². The van der Waals surface area contributed by atoms with Crippen LogP contribution in [0.5, 0.6) is 5.75 Å². The summed E-state index contributed by atoms with van der Waals surface area (Å²) in [4.78, 5) is 13.4. The van der Waals surface area contributed by atoms with Gasteiger partial charge in [-0.2, -0.15) is 0 Å². The topological polar surface area (TPSA) is 38.7 Å². The molecule has 0 spiro atoms. The van der Waals surface area contributed by atoms with Gasteiger partial charge in [0.2, 0.25) is 6.08 Å². The van der Waals surface area contributed by atoms with E-state index in [4.69, 9.17) is 4.74 Å². The van der Waals surface area contributed by atoms with E-state index in [9.17, 15) is 9.18 Å². The van der Waals surface area contributed by atoms with Gasteiger partial charge in [-0.1, -0.05) is 0 Å². The highest BCUT2D eigenvalue weighted by molar-refractivity contribution is 9.10. The zero-order valence-corrected chi connectivity index (χ0v) is 9.89. The molecule has 0 fully saturated rings. The van der Waals surface area contributed by atoms with Gasteiger partial charge in [-0.3, -0.25) is 0 Å². The predicted octanol–water partition coefficient (Wildman–Crippen LogP) is 2.74. The molecule has 15 heavy (non-hydrogen) atoms. The maximum Gasteiger partial charge on any atom is 0.235 e. The third kappa shape index (κ3) is 2.43. The number of rotatable bonds is 3. The zero-order valence-electron chi connectivity index (χ0n) is 8.30. The second kappa shape index (κ2) is 5.05. The Morgan fingerprint density at radius 3 is 2.87 bits per heavy atom. The molecular formula is C10H9BrFNO2. The number of ether oxygens (including phenoxy) is 1. The van der Waals surface area contributed by atoms with E-state index in [-0.39, 0.29) is 12.4 Å². The van der Waals surface area contributed by atoms with Crippen molar-refractivity contribution in [2.45, 2.75) is 13.5 Å². The fraction of sp³-hybridized carbons (Fsp3) is 0.300. The fourth-order valence-electron chi connectivity index (χ4n) is 1.27. The summed E-state index contributed by atoms with van der Waals surface area (Å²) >= 11 is 3.18. The van der Waals surface area contributed by atoms with Crippen LogP contribution in [0.4, 0.5) is 4.39 Å². The molecule has 1 aromatic rings. The van der Waals surface area contributed by atoms with E-state index >= 15 is 0 Å². The summed E-state index contributed by atoms with van der Waals surface area (Å²) in [7, 11) is 1.48. The summed E-state index contributed by atoms with van der Waals surface area (Å²) in [5, 5.41) is 0. The molecule has 0 unspecified atom stereocenters. The summed E-state index contributed by atoms with van der Waals surface area (Å²) in [5.41, 5.74) is 0.974. The van der Waals surface area contributed by atoms with Crippen molar-refractivity contribution in [3.63, 3.8) is 0 Å². The van der Waals surface area contributed by atoms with Crippen molar-refractivity contribution < 1.29 is 13.9 Å². The van der Waals surface area contributed by atoms with Crippen molar-refractivity contribution in [1.29, 1.82) is 0 Å². The van der Waals surface area contributed by atoms with E-state index in [0.29, 0.717) is 21.3 Å².